The van der Waals surface area contributed by atoms with Gasteiger partial charge in [-0.3, -0.25) is 9.89 Å². The summed E-state index contributed by atoms with van der Waals surface area (Å²) in [5, 5.41) is 18.5. The summed E-state index contributed by atoms with van der Waals surface area (Å²) in [4.78, 5) is 11.3. The Hall–Kier alpha value is -1.36. The molecule has 0 aliphatic rings. The number of aromatic amines is 1. The molecule has 15 heavy (non-hydrogen) atoms. The fourth-order valence-electron chi connectivity index (χ4n) is 1.20. The number of aliphatic hydroxyl groups excluding tert-OH is 1. The van der Waals surface area contributed by atoms with Crippen LogP contribution in [0.4, 0.5) is 0 Å². The molecule has 0 bridgehead atoms. The van der Waals surface area contributed by atoms with Gasteiger partial charge in [-0.2, -0.15) is 5.10 Å². The summed E-state index contributed by atoms with van der Waals surface area (Å²) in [6.45, 7) is 2.43. The van der Waals surface area contributed by atoms with Gasteiger partial charge in [0.25, 0.3) is 0 Å². The minimum absolute atomic E-state index is 0.0532. The summed E-state index contributed by atoms with van der Waals surface area (Å²) in [6.07, 6.45) is 2.92. The highest BCUT2D eigenvalue weighted by atomic mass is 16.3. The minimum atomic E-state index is -0.322. The third-order valence-electron chi connectivity index (χ3n) is 2.18. The van der Waals surface area contributed by atoms with E-state index in [1.54, 1.807) is 12.3 Å². The van der Waals surface area contributed by atoms with Crippen molar-refractivity contribution in [1.29, 1.82) is 0 Å². The Balaban J connectivity index is 2.14. The second kappa shape index (κ2) is 6.19. The number of aliphatic hydroxyl groups is 1. The van der Waals surface area contributed by atoms with Crippen LogP contribution in [0.15, 0.2) is 12.3 Å². The number of carbonyl (C=O) groups excluding carboxylic acids is 1. The van der Waals surface area contributed by atoms with Crippen LogP contribution in [0.5, 0.6) is 0 Å². The maximum Gasteiger partial charge on any atom is 0.225 e. The first-order valence-electron chi connectivity index (χ1n) is 5.15. The van der Waals surface area contributed by atoms with Gasteiger partial charge in [-0.05, 0) is 18.9 Å². The summed E-state index contributed by atoms with van der Waals surface area (Å²) >= 11 is 0. The smallest absolute Gasteiger partial charge is 0.225 e. The van der Waals surface area contributed by atoms with E-state index in [-0.39, 0.29) is 12.0 Å². The van der Waals surface area contributed by atoms with Gasteiger partial charge in [0.15, 0.2) is 0 Å². The minimum Gasteiger partial charge on any atom is -0.393 e. The van der Waals surface area contributed by atoms with Crippen LogP contribution >= 0.6 is 0 Å². The first-order chi connectivity index (χ1) is 7.22. The Kier molecular flexibility index (Phi) is 4.83. The molecule has 1 unspecified atom stereocenters. The lowest BCUT2D eigenvalue weighted by Gasteiger charge is -2.08. The van der Waals surface area contributed by atoms with E-state index in [4.69, 9.17) is 0 Å². The lowest BCUT2D eigenvalue weighted by Crippen LogP contribution is -2.28. The van der Waals surface area contributed by atoms with Crippen LogP contribution in [0.25, 0.3) is 0 Å². The third-order valence-corrected chi connectivity index (χ3v) is 2.18. The van der Waals surface area contributed by atoms with Crippen LogP contribution in [0, 0.1) is 0 Å². The van der Waals surface area contributed by atoms with Crippen LogP contribution < -0.4 is 5.32 Å². The molecule has 1 rings (SSSR count). The molecule has 5 heteroatoms. The molecule has 0 saturated heterocycles. The number of nitrogens with zero attached hydrogens (tertiary/aromatic N) is 1. The van der Waals surface area contributed by atoms with Crippen LogP contribution in [0.3, 0.4) is 0 Å². The van der Waals surface area contributed by atoms with Crippen LogP contribution in [-0.2, 0) is 11.2 Å². The molecular formula is C10H17N3O2. The molecule has 0 fully saturated rings. The van der Waals surface area contributed by atoms with Gasteiger partial charge in [0, 0.05) is 18.4 Å². The monoisotopic (exact) mass is 211 g/mol. The summed E-state index contributed by atoms with van der Waals surface area (Å²) in [6, 6.07) is 1.76. The maximum atomic E-state index is 11.3. The van der Waals surface area contributed by atoms with Gasteiger partial charge >= 0.3 is 0 Å². The van der Waals surface area contributed by atoms with Crippen molar-refractivity contribution in [2.75, 3.05) is 6.54 Å². The summed E-state index contributed by atoms with van der Waals surface area (Å²) < 4.78 is 0. The average Bonchev–Trinajstić information content (AvgIpc) is 2.70. The largest absolute Gasteiger partial charge is 0.393 e. The van der Waals surface area contributed by atoms with Crippen molar-refractivity contribution < 1.29 is 9.90 Å². The van der Waals surface area contributed by atoms with Gasteiger partial charge in [-0.1, -0.05) is 6.92 Å². The van der Waals surface area contributed by atoms with Crippen LogP contribution in [0.1, 0.15) is 25.5 Å². The summed E-state index contributed by atoms with van der Waals surface area (Å²) in [7, 11) is 0. The van der Waals surface area contributed by atoms with E-state index in [1.807, 2.05) is 6.92 Å². The molecule has 0 aliphatic heterocycles. The Labute approximate surface area is 88.9 Å². The SMILES string of the molecule is CCC(O)CCNC(=O)Cc1ccn[nH]1. The van der Waals surface area contributed by atoms with Gasteiger partial charge in [-0.15, -0.1) is 0 Å². The Morgan fingerprint density at radius 3 is 3.13 bits per heavy atom. The van der Waals surface area contributed by atoms with E-state index >= 15 is 0 Å². The number of hydrogen-bond donors (Lipinski definition) is 3. The highest BCUT2D eigenvalue weighted by Gasteiger charge is 2.05. The Morgan fingerprint density at radius 1 is 1.73 bits per heavy atom. The maximum absolute atomic E-state index is 11.3. The highest BCUT2D eigenvalue weighted by Crippen LogP contribution is 1.96. The lowest BCUT2D eigenvalue weighted by atomic mass is 10.2. The number of carbonyl (C=O) groups is 1. The molecule has 1 aromatic rings. The van der Waals surface area contributed by atoms with Crippen molar-refractivity contribution in [3.8, 4) is 0 Å². The standard InChI is InChI=1S/C10H17N3O2/c1-2-9(14)4-5-11-10(15)7-8-3-6-12-13-8/h3,6,9,14H,2,4-5,7H2,1H3,(H,11,15)(H,12,13). The Morgan fingerprint density at radius 2 is 2.53 bits per heavy atom. The van der Waals surface area contributed by atoms with Gasteiger partial charge < -0.3 is 10.4 Å². The van der Waals surface area contributed by atoms with Crippen molar-refractivity contribution in [3.63, 3.8) is 0 Å². The molecule has 0 radical (unpaired) electrons. The number of amides is 1. The molecule has 0 aromatic carbocycles. The van der Waals surface area contributed by atoms with Gasteiger partial charge in [0.1, 0.15) is 0 Å². The fourth-order valence-corrected chi connectivity index (χ4v) is 1.20. The third kappa shape index (κ3) is 4.60. The number of aromatic nitrogens is 2. The highest BCUT2D eigenvalue weighted by molar-refractivity contribution is 5.77. The second-order valence-electron chi connectivity index (χ2n) is 3.46. The predicted molar refractivity (Wildman–Crippen MR) is 56.2 cm³/mol. The average molecular weight is 211 g/mol. The van der Waals surface area contributed by atoms with Crippen molar-refractivity contribution in [1.82, 2.24) is 15.5 Å². The van der Waals surface area contributed by atoms with Crippen molar-refractivity contribution in [2.45, 2.75) is 32.3 Å². The summed E-state index contributed by atoms with van der Waals surface area (Å²) in [5.41, 5.74) is 0.795. The number of H-pyrrole nitrogens is 1. The van der Waals surface area contributed by atoms with E-state index in [2.05, 4.69) is 15.5 Å². The molecule has 1 heterocycles. The van der Waals surface area contributed by atoms with Crippen LogP contribution in [-0.4, -0.2) is 33.9 Å². The zero-order valence-electron chi connectivity index (χ0n) is 8.86. The number of nitrogens with one attached hydrogen (secondary N) is 2. The fraction of sp³-hybridized carbons (Fsp3) is 0.600. The van der Waals surface area contributed by atoms with Crippen LogP contribution in [0.2, 0.25) is 0 Å². The zero-order valence-corrected chi connectivity index (χ0v) is 8.86. The van der Waals surface area contributed by atoms with E-state index in [1.165, 1.54) is 0 Å². The van der Waals surface area contributed by atoms with Crippen molar-refractivity contribution >= 4 is 5.91 Å². The number of rotatable bonds is 6. The molecule has 0 aliphatic carbocycles. The first-order valence-corrected chi connectivity index (χ1v) is 5.15. The molecule has 5 nitrogen and oxygen atoms in total. The van der Waals surface area contributed by atoms with E-state index in [9.17, 15) is 9.90 Å². The second-order valence-corrected chi connectivity index (χ2v) is 3.46. The van der Waals surface area contributed by atoms with Gasteiger partial charge in [-0.25, -0.2) is 0 Å². The van der Waals surface area contributed by atoms with E-state index in [0.717, 1.165) is 12.1 Å². The van der Waals surface area contributed by atoms with E-state index < -0.39 is 0 Å². The Bertz CT molecular complexity index is 285. The summed E-state index contributed by atoms with van der Waals surface area (Å²) in [5.74, 6) is -0.0532. The molecular weight excluding hydrogens is 194 g/mol. The quantitative estimate of drug-likeness (QED) is 0.630. The van der Waals surface area contributed by atoms with Gasteiger partial charge in [0.2, 0.25) is 5.91 Å². The van der Waals surface area contributed by atoms with Gasteiger partial charge in [0.05, 0.1) is 12.5 Å². The normalized spacial score (nSPS) is 12.4. The number of hydrogen-bond acceptors (Lipinski definition) is 3. The zero-order chi connectivity index (χ0) is 11.1. The molecule has 1 atom stereocenters. The van der Waals surface area contributed by atoms with Crippen molar-refractivity contribution in [2.24, 2.45) is 0 Å². The molecule has 1 aromatic heterocycles. The van der Waals surface area contributed by atoms with Crippen molar-refractivity contribution in [3.05, 3.63) is 18.0 Å². The molecule has 0 saturated carbocycles. The molecule has 3 N–H and O–H groups in total. The first kappa shape index (κ1) is 11.7. The molecule has 0 spiro atoms. The van der Waals surface area contributed by atoms with E-state index in [0.29, 0.717) is 19.4 Å². The lowest BCUT2D eigenvalue weighted by molar-refractivity contribution is -0.120. The topological polar surface area (TPSA) is 78.0 Å². The predicted octanol–water partition coefficient (Wildman–Crippen LogP) is 0.229. The molecule has 1 amide bonds. The molecule has 84 valence electrons.